The number of carbonyl (C=O) groups excluding carboxylic acids is 1. The average Bonchev–Trinajstić information content (AvgIpc) is 2.16. The van der Waals surface area contributed by atoms with E-state index in [4.69, 9.17) is 17.3 Å². The number of amides is 1. The molecular formula is C10H11BrClNO. The van der Waals surface area contributed by atoms with Gasteiger partial charge in [-0.1, -0.05) is 35.0 Å². The first-order valence-electron chi connectivity index (χ1n) is 4.28. The quantitative estimate of drug-likeness (QED) is 0.848. The molecule has 0 aliphatic carbocycles. The third-order valence-corrected chi connectivity index (χ3v) is 3.21. The van der Waals surface area contributed by atoms with Crippen LogP contribution in [0.25, 0.3) is 0 Å². The topological polar surface area (TPSA) is 43.1 Å². The summed E-state index contributed by atoms with van der Waals surface area (Å²) in [5.41, 5.74) is 7.01. The van der Waals surface area contributed by atoms with E-state index in [1.54, 1.807) is 0 Å². The second-order valence-electron chi connectivity index (χ2n) is 2.97. The van der Waals surface area contributed by atoms with Gasteiger partial charge in [-0.15, -0.1) is 11.6 Å². The van der Waals surface area contributed by atoms with Crippen molar-refractivity contribution in [1.29, 1.82) is 0 Å². The number of rotatable bonds is 3. The van der Waals surface area contributed by atoms with Crippen LogP contribution in [0.15, 0.2) is 22.7 Å². The summed E-state index contributed by atoms with van der Waals surface area (Å²) in [6.07, 6.45) is 0.935. The first-order chi connectivity index (χ1) is 6.56. The van der Waals surface area contributed by atoms with Crippen LogP contribution in [0.1, 0.15) is 23.4 Å². The summed E-state index contributed by atoms with van der Waals surface area (Å²) in [6.45, 7) is 2.06. The second-order valence-corrected chi connectivity index (χ2v) is 4.26. The van der Waals surface area contributed by atoms with Gasteiger partial charge in [-0.25, -0.2) is 0 Å². The maximum atomic E-state index is 10.8. The van der Waals surface area contributed by atoms with Crippen LogP contribution in [0.5, 0.6) is 0 Å². The molecule has 14 heavy (non-hydrogen) atoms. The zero-order valence-corrected chi connectivity index (χ0v) is 10.1. The lowest BCUT2D eigenvalue weighted by atomic mass is 10.1. The fourth-order valence-electron chi connectivity index (χ4n) is 1.17. The van der Waals surface area contributed by atoms with Crippen LogP contribution in [0.3, 0.4) is 0 Å². The smallest absolute Gasteiger partial charge is 0.240 e. The Kier molecular flexibility index (Phi) is 3.96. The number of carbonyl (C=O) groups is 1. The van der Waals surface area contributed by atoms with E-state index in [0.717, 1.165) is 16.5 Å². The Bertz CT molecular complexity index is 354. The number of aryl methyl sites for hydroxylation is 1. The molecule has 4 heteroatoms. The van der Waals surface area contributed by atoms with Gasteiger partial charge in [-0.05, 0) is 23.6 Å². The third-order valence-electron chi connectivity index (χ3n) is 2.00. The maximum Gasteiger partial charge on any atom is 0.240 e. The highest BCUT2D eigenvalue weighted by atomic mass is 79.9. The average molecular weight is 277 g/mol. The molecule has 1 aromatic rings. The van der Waals surface area contributed by atoms with E-state index in [-0.39, 0.29) is 0 Å². The van der Waals surface area contributed by atoms with Crippen molar-refractivity contribution in [3.63, 3.8) is 0 Å². The molecule has 0 saturated heterocycles. The van der Waals surface area contributed by atoms with Gasteiger partial charge in [-0.3, -0.25) is 4.79 Å². The van der Waals surface area contributed by atoms with Crippen LogP contribution in [-0.2, 0) is 11.2 Å². The van der Waals surface area contributed by atoms with Crippen molar-refractivity contribution < 1.29 is 4.79 Å². The van der Waals surface area contributed by atoms with E-state index in [0.29, 0.717) is 0 Å². The van der Waals surface area contributed by atoms with Crippen molar-refractivity contribution >= 4 is 33.4 Å². The monoisotopic (exact) mass is 275 g/mol. The van der Waals surface area contributed by atoms with Crippen LogP contribution in [0.2, 0.25) is 0 Å². The molecule has 1 amide bonds. The van der Waals surface area contributed by atoms with Gasteiger partial charge < -0.3 is 5.73 Å². The molecule has 0 aliphatic heterocycles. The van der Waals surface area contributed by atoms with Crippen molar-refractivity contribution in [2.75, 3.05) is 0 Å². The zero-order valence-electron chi connectivity index (χ0n) is 7.76. The van der Waals surface area contributed by atoms with Crippen LogP contribution in [0.4, 0.5) is 0 Å². The van der Waals surface area contributed by atoms with E-state index in [1.165, 1.54) is 5.56 Å². The Hall–Kier alpha value is -0.540. The van der Waals surface area contributed by atoms with Crippen LogP contribution in [0, 0.1) is 0 Å². The Balaban J connectivity index is 3.02. The van der Waals surface area contributed by atoms with E-state index in [2.05, 4.69) is 22.9 Å². The SMILES string of the molecule is CCc1ccc(C(Cl)C(N)=O)cc1Br. The number of benzene rings is 1. The molecule has 0 aliphatic rings. The highest BCUT2D eigenvalue weighted by Crippen LogP contribution is 2.26. The molecule has 2 nitrogen and oxygen atoms in total. The van der Waals surface area contributed by atoms with Crippen LogP contribution >= 0.6 is 27.5 Å². The van der Waals surface area contributed by atoms with Crippen molar-refractivity contribution in [3.8, 4) is 0 Å². The second kappa shape index (κ2) is 4.80. The van der Waals surface area contributed by atoms with E-state index in [9.17, 15) is 4.79 Å². The first-order valence-corrected chi connectivity index (χ1v) is 5.51. The van der Waals surface area contributed by atoms with Gasteiger partial charge in [0, 0.05) is 4.47 Å². The fraction of sp³-hybridized carbons (Fsp3) is 0.300. The molecule has 0 fully saturated rings. The minimum atomic E-state index is -0.753. The normalized spacial score (nSPS) is 12.5. The summed E-state index contributed by atoms with van der Waals surface area (Å²) in [4.78, 5) is 10.8. The molecule has 0 bridgehead atoms. The van der Waals surface area contributed by atoms with Gasteiger partial charge in [-0.2, -0.15) is 0 Å². The molecule has 1 atom stereocenters. The third kappa shape index (κ3) is 2.49. The van der Waals surface area contributed by atoms with E-state index in [1.807, 2.05) is 18.2 Å². The number of alkyl halides is 1. The summed E-state index contributed by atoms with van der Waals surface area (Å²) in [5, 5.41) is -0.753. The van der Waals surface area contributed by atoms with Crippen LogP contribution in [-0.4, -0.2) is 5.91 Å². The molecular weight excluding hydrogens is 265 g/mol. The predicted molar refractivity (Wildman–Crippen MR) is 61.3 cm³/mol. The molecule has 2 N–H and O–H groups in total. The lowest BCUT2D eigenvalue weighted by Gasteiger charge is -2.08. The number of primary amides is 1. The summed E-state index contributed by atoms with van der Waals surface area (Å²) in [6, 6.07) is 5.60. The van der Waals surface area contributed by atoms with Gasteiger partial charge in [0.15, 0.2) is 0 Å². The molecule has 76 valence electrons. The summed E-state index contributed by atoms with van der Waals surface area (Å²) in [5.74, 6) is -0.525. The van der Waals surface area contributed by atoms with E-state index < -0.39 is 11.3 Å². The van der Waals surface area contributed by atoms with Crippen molar-refractivity contribution in [2.45, 2.75) is 18.7 Å². The zero-order chi connectivity index (χ0) is 10.7. The maximum absolute atomic E-state index is 10.8. The minimum absolute atomic E-state index is 0.525. The lowest BCUT2D eigenvalue weighted by Crippen LogP contribution is -2.17. The largest absolute Gasteiger partial charge is 0.368 e. The Morgan fingerprint density at radius 3 is 2.71 bits per heavy atom. The summed E-state index contributed by atoms with van der Waals surface area (Å²) >= 11 is 9.23. The molecule has 0 spiro atoms. The molecule has 0 saturated carbocycles. The van der Waals surface area contributed by atoms with Gasteiger partial charge in [0.1, 0.15) is 5.38 Å². The molecule has 1 aromatic carbocycles. The minimum Gasteiger partial charge on any atom is -0.368 e. The van der Waals surface area contributed by atoms with Gasteiger partial charge in [0.05, 0.1) is 0 Å². The number of hydrogen-bond acceptors (Lipinski definition) is 1. The Morgan fingerprint density at radius 1 is 1.64 bits per heavy atom. The molecule has 0 aromatic heterocycles. The van der Waals surface area contributed by atoms with Gasteiger partial charge in [0.2, 0.25) is 5.91 Å². The predicted octanol–water partition coefficient (Wildman–Crippen LogP) is 2.78. The Labute approximate surface area is 96.6 Å². The van der Waals surface area contributed by atoms with E-state index >= 15 is 0 Å². The molecule has 1 unspecified atom stereocenters. The molecule has 0 radical (unpaired) electrons. The standard InChI is InChI=1S/C10H11BrClNO/c1-2-6-3-4-7(5-8(6)11)9(12)10(13)14/h3-5,9H,2H2,1H3,(H2,13,14). The number of nitrogens with two attached hydrogens (primary N) is 1. The highest BCUT2D eigenvalue weighted by molar-refractivity contribution is 9.10. The fourth-order valence-corrected chi connectivity index (χ4v) is 1.98. The van der Waals surface area contributed by atoms with Gasteiger partial charge >= 0.3 is 0 Å². The number of halogens is 2. The lowest BCUT2D eigenvalue weighted by molar-refractivity contribution is -0.117. The Morgan fingerprint density at radius 2 is 2.29 bits per heavy atom. The first kappa shape index (κ1) is 11.5. The summed E-state index contributed by atoms with van der Waals surface area (Å²) < 4.78 is 0.962. The van der Waals surface area contributed by atoms with Crippen molar-refractivity contribution in [1.82, 2.24) is 0 Å². The van der Waals surface area contributed by atoms with Crippen molar-refractivity contribution in [3.05, 3.63) is 33.8 Å². The van der Waals surface area contributed by atoms with Crippen LogP contribution < -0.4 is 5.73 Å². The highest BCUT2D eigenvalue weighted by Gasteiger charge is 2.14. The molecule has 0 heterocycles. The summed E-state index contributed by atoms with van der Waals surface area (Å²) in [7, 11) is 0. The van der Waals surface area contributed by atoms with Crippen molar-refractivity contribution in [2.24, 2.45) is 5.73 Å². The molecule has 1 rings (SSSR count). The number of hydrogen-bond donors (Lipinski definition) is 1. The van der Waals surface area contributed by atoms with Gasteiger partial charge in [0.25, 0.3) is 0 Å².